The van der Waals surface area contributed by atoms with Crippen LogP contribution in [0.2, 0.25) is 0 Å². The van der Waals surface area contributed by atoms with Crippen molar-refractivity contribution in [2.45, 2.75) is 49.7 Å². The van der Waals surface area contributed by atoms with Crippen LogP contribution in [0.3, 0.4) is 0 Å². The topological polar surface area (TPSA) is 32.7 Å². The summed E-state index contributed by atoms with van der Waals surface area (Å²) in [5, 5.41) is 10.9. The van der Waals surface area contributed by atoms with Crippen molar-refractivity contribution in [1.82, 2.24) is 0 Å². The zero-order chi connectivity index (χ0) is 19.3. The molecule has 1 N–H and O–H groups in total. The molecule has 2 heterocycles. The Bertz CT molecular complexity index is 857. The molecule has 2 aromatic carbocycles. The molecule has 3 atom stereocenters. The van der Waals surface area contributed by atoms with E-state index in [0.717, 1.165) is 25.0 Å². The maximum Gasteiger partial charge on any atom is 0.118 e. The molecule has 3 nitrogen and oxygen atoms in total. The number of para-hydroxylation sites is 1. The average Bonchev–Trinajstić information content (AvgIpc) is 2.88. The van der Waals surface area contributed by atoms with Crippen LogP contribution in [0.25, 0.3) is 0 Å². The lowest BCUT2D eigenvalue weighted by Crippen LogP contribution is -2.61. The highest BCUT2D eigenvalue weighted by atomic mass is 16.5. The highest BCUT2D eigenvalue weighted by Crippen LogP contribution is 2.62. The normalized spacial score (nSPS) is 31.9. The smallest absolute Gasteiger partial charge is 0.118 e. The highest BCUT2D eigenvalue weighted by Gasteiger charge is 2.62. The van der Waals surface area contributed by atoms with Crippen LogP contribution in [0.4, 0.5) is 5.69 Å². The maximum atomic E-state index is 10.9. The van der Waals surface area contributed by atoms with E-state index in [1.54, 1.807) is 7.11 Å². The lowest BCUT2D eigenvalue weighted by atomic mass is 9.60. The van der Waals surface area contributed by atoms with Gasteiger partial charge in [0.1, 0.15) is 5.75 Å². The van der Waals surface area contributed by atoms with E-state index in [1.165, 1.54) is 16.8 Å². The summed E-state index contributed by atoms with van der Waals surface area (Å²) in [6.45, 7) is 9.01. The molecule has 0 saturated carbocycles. The van der Waals surface area contributed by atoms with Crippen molar-refractivity contribution < 1.29 is 9.84 Å². The number of allylic oxidation sites excluding steroid dienone is 1. The zero-order valence-corrected chi connectivity index (χ0v) is 16.5. The Morgan fingerprint density at radius 2 is 1.81 bits per heavy atom. The van der Waals surface area contributed by atoms with Crippen LogP contribution in [-0.2, 0) is 11.0 Å². The molecular formula is C24H29NO2. The number of rotatable bonds is 4. The van der Waals surface area contributed by atoms with Gasteiger partial charge in [-0.3, -0.25) is 0 Å². The third kappa shape index (κ3) is 2.45. The predicted octanol–water partition coefficient (Wildman–Crippen LogP) is 4.79. The third-order valence-electron chi connectivity index (χ3n) is 6.81. The van der Waals surface area contributed by atoms with Gasteiger partial charge < -0.3 is 14.7 Å². The predicted molar refractivity (Wildman–Crippen MR) is 110 cm³/mol. The minimum Gasteiger partial charge on any atom is -0.497 e. The Kier molecular flexibility index (Phi) is 4.12. The number of ether oxygens (including phenoxy) is 1. The van der Waals surface area contributed by atoms with E-state index >= 15 is 0 Å². The summed E-state index contributed by atoms with van der Waals surface area (Å²) >= 11 is 0. The van der Waals surface area contributed by atoms with Gasteiger partial charge in [-0.2, -0.15) is 0 Å². The van der Waals surface area contributed by atoms with E-state index in [2.05, 4.69) is 54.8 Å². The minimum atomic E-state index is -0.692. The molecule has 142 valence electrons. The first-order chi connectivity index (χ1) is 12.9. The van der Waals surface area contributed by atoms with Gasteiger partial charge in [0.25, 0.3) is 0 Å². The van der Waals surface area contributed by atoms with Gasteiger partial charge in [-0.05, 0) is 55.5 Å². The standard InChI is InChI=1S/C24H29NO2/c1-5-14-23(3)20-8-6-7-9-21(20)25-17-22(2,26)15-16-24(23,25)18-10-12-19(27-4)13-11-18/h5-13,26H,1,14-17H2,2-4H3/t22-,23+,24+/m0/s1. The van der Waals surface area contributed by atoms with Gasteiger partial charge in [0.2, 0.25) is 0 Å². The van der Waals surface area contributed by atoms with Crippen LogP contribution < -0.4 is 9.64 Å². The number of piperidine rings is 1. The van der Waals surface area contributed by atoms with Crippen LogP contribution in [0.15, 0.2) is 61.2 Å². The number of fused-ring (bicyclic) bond motifs is 3. The fourth-order valence-corrected chi connectivity index (χ4v) is 5.46. The van der Waals surface area contributed by atoms with Gasteiger partial charge in [-0.15, -0.1) is 6.58 Å². The van der Waals surface area contributed by atoms with Crippen molar-refractivity contribution >= 4 is 5.69 Å². The molecule has 0 spiro atoms. The molecule has 0 bridgehead atoms. The van der Waals surface area contributed by atoms with Crippen LogP contribution in [0, 0.1) is 0 Å². The summed E-state index contributed by atoms with van der Waals surface area (Å²) < 4.78 is 5.39. The average molecular weight is 364 g/mol. The van der Waals surface area contributed by atoms with Gasteiger partial charge in [-0.25, -0.2) is 0 Å². The highest BCUT2D eigenvalue weighted by molar-refractivity contribution is 5.70. The van der Waals surface area contributed by atoms with E-state index in [4.69, 9.17) is 4.74 Å². The first-order valence-electron chi connectivity index (χ1n) is 9.73. The molecule has 2 aliphatic rings. The van der Waals surface area contributed by atoms with Crippen LogP contribution in [-0.4, -0.2) is 24.4 Å². The van der Waals surface area contributed by atoms with Crippen molar-refractivity contribution in [3.8, 4) is 5.75 Å². The second kappa shape index (κ2) is 6.13. The first kappa shape index (κ1) is 18.1. The molecule has 0 aromatic heterocycles. The molecule has 0 unspecified atom stereocenters. The lowest BCUT2D eigenvalue weighted by Gasteiger charge is -2.55. The molecule has 0 aliphatic carbocycles. The summed E-state index contributed by atoms with van der Waals surface area (Å²) in [6, 6.07) is 17.1. The lowest BCUT2D eigenvalue weighted by molar-refractivity contribution is 0.00884. The third-order valence-corrected chi connectivity index (χ3v) is 6.81. The monoisotopic (exact) mass is 363 g/mol. The molecule has 0 radical (unpaired) electrons. The number of hydrogen-bond donors (Lipinski definition) is 1. The van der Waals surface area contributed by atoms with Crippen molar-refractivity contribution in [3.05, 3.63) is 72.3 Å². The van der Waals surface area contributed by atoms with Gasteiger partial charge in [0, 0.05) is 17.6 Å². The Labute approximate surface area is 162 Å². The van der Waals surface area contributed by atoms with Crippen LogP contribution in [0.1, 0.15) is 44.2 Å². The molecule has 3 heteroatoms. The summed E-state index contributed by atoms with van der Waals surface area (Å²) in [5.74, 6) is 0.866. The van der Waals surface area contributed by atoms with Crippen molar-refractivity contribution in [1.29, 1.82) is 0 Å². The molecule has 0 amide bonds. The van der Waals surface area contributed by atoms with Crippen LogP contribution in [0.5, 0.6) is 5.75 Å². The number of methoxy groups -OCH3 is 1. The quantitative estimate of drug-likeness (QED) is 0.793. The van der Waals surface area contributed by atoms with Gasteiger partial charge in [0.05, 0.1) is 18.2 Å². The minimum absolute atomic E-state index is 0.115. The fourth-order valence-electron chi connectivity index (χ4n) is 5.46. The number of hydrogen-bond acceptors (Lipinski definition) is 3. The first-order valence-corrected chi connectivity index (χ1v) is 9.73. The number of nitrogens with zero attached hydrogens (tertiary/aromatic N) is 1. The fraction of sp³-hybridized carbons (Fsp3) is 0.417. The maximum absolute atomic E-state index is 10.9. The molecule has 2 aromatic rings. The van der Waals surface area contributed by atoms with E-state index in [-0.39, 0.29) is 11.0 Å². The van der Waals surface area contributed by atoms with E-state index in [9.17, 15) is 5.11 Å². The Morgan fingerprint density at radius 3 is 2.48 bits per heavy atom. The second-order valence-corrected chi connectivity index (χ2v) is 8.51. The zero-order valence-electron chi connectivity index (χ0n) is 16.5. The van der Waals surface area contributed by atoms with Crippen molar-refractivity contribution in [2.24, 2.45) is 0 Å². The molecule has 27 heavy (non-hydrogen) atoms. The SMILES string of the molecule is C=CC[C@]1(C)c2ccccc2N2C[C@@](C)(O)CC[C@]21c1ccc(OC)cc1. The molecule has 4 rings (SSSR count). The number of aliphatic hydroxyl groups is 1. The van der Waals surface area contributed by atoms with E-state index in [0.29, 0.717) is 6.54 Å². The summed E-state index contributed by atoms with van der Waals surface area (Å²) in [5.41, 5.74) is 2.84. The van der Waals surface area contributed by atoms with E-state index < -0.39 is 5.60 Å². The molecule has 2 aliphatic heterocycles. The Hall–Kier alpha value is -2.26. The van der Waals surface area contributed by atoms with Crippen molar-refractivity contribution in [2.75, 3.05) is 18.6 Å². The van der Waals surface area contributed by atoms with E-state index in [1.807, 2.05) is 25.1 Å². The summed E-state index contributed by atoms with van der Waals surface area (Å²) in [6.07, 6.45) is 4.59. The summed E-state index contributed by atoms with van der Waals surface area (Å²) in [4.78, 5) is 2.46. The molecular weight excluding hydrogens is 334 g/mol. The Balaban J connectivity index is 1.97. The second-order valence-electron chi connectivity index (χ2n) is 8.51. The van der Waals surface area contributed by atoms with Crippen LogP contribution >= 0.6 is 0 Å². The van der Waals surface area contributed by atoms with Gasteiger partial charge >= 0.3 is 0 Å². The summed E-state index contributed by atoms with van der Waals surface area (Å²) in [7, 11) is 1.70. The largest absolute Gasteiger partial charge is 0.497 e. The molecule has 1 saturated heterocycles. The van der Waals surface area contributed by atoms with Gasteiger partial charge in [-0.1, -0.05) is 43.3 Å². The Morgan fingerprint density at radius 1 is 1.11 bits per heavy atom. The number of anilines is 1. The van der Waals surface area contributed by atoms with Gasteiger partial charge in [0.15, 0.2) is 0 Å². The molecule has 1 fully saturated rings. The van der Waals surface area contributed by atoms with Crippen molar-refractivity contribution in [3.63, 3.8) is 0 Å². The number of benzene rings is 2.